The molecule has 0 bridgehead atoms. The van der Waals surface area contributed by atoms with Gasteiger partial charge >= 0.3 is 6.03 Å². The number of likely N-dealkylation sites (tertiary alicyclic amines) is 1. The molecular weight excluding hydrogens is 334 g/mol. The second kappa shape index (κ2) is 6.75. The van der Waals surface area contributed by atoms with E-state index < -0.39 is 6.10 Å². The van der Waals surface area contributed by atoms with Crippen molar-refractivity contribution in [1.82, 2.24) is 29.9 Å². The molecule has 1 fully saturated rings. The lowest BCUT2D eigenvalue weighted by Gasteiger charge is -2.34. The Bertz CT molecular complexity index is 911. The minimum absolute atomic E-state index is 0.0964. The van der Waals surface area contributed by atoms with Crippen molar-refractivity contribution in [2.45, 2.75) is 18.9 Å². The maximum Gasteiger partial charge on any atom is 0.321 e. The van der Waals surface area contributed by atoms with Gasteiger partial charge in [0.05, 0.1) is 5.69 Å². The molecule has 9 heteroatoms. The molecule has 0 spiro atoms. The van der Waals surface area contributed by atoms with Crippen LogP contribution in [0, 0.1) is 5.92 Å². The van der Waals surface area contributed by atoms with Crippen LogP contribution in [0.4, 0.5) is 10.5 Å². The molecule has 1 saturated heterocycles. The third-order valence-corrected chi connectivity index (χ3v) is 4.98. The second-order valence-corrected chi connectivity index (χ2v) is 6.59. The number of piperidine rings is 1. The summed E-state index contributed by atoms with van der Waals surface area (Å²) in [5.41, 5.74) is 1.98. The topological polar surface area (TPSA) is 112 Å². The number of aliphatic hydroxyl groups excluding tert-OH is 1. The molecule has 1 aliphatic heterocycles. The zero-order valence-corrected chi connectivity index (χ0v) is 14.5. The molecule has 0 aliphatic carbocycles. The number of aryl methyl sites for hydroxylation is 1. The van der Waals surface area contributed by atoms with Crippen LogP contribution in [0.2, 0.25) is 0 Å². The first-order valence-electron chi connectivity index (χ1n) is 8.64. The minimum Gasteiger partial charge on any atom is -0.385 e. The number of aromatic nitrogens is 5. The van der Waals surface area contributed by atoms with Gasteiger partial charge in [0.1, 0.15) is 23.0 Å². The van der Waals surface area contributed by atoms with Crippen molar-refractivity contribution < 1.29 is 9.90 Å². The predicted octanol–water partition coefficient (Wildman–Crippen LogP) is 1.67. The summed E-state index contributed by atoms with van der Waals surface area (Å²) in [6.07, 6.45) is 4.37. The molecule has 1 aliphatic rings. The smallest absolute Gasteiger partial charge is 0.321 e. The number of H-pyrrole nitrogens is 1. The van der Waals surface area contributed by atoms with Crippen LogP contribution in [0.1, 0.15) is 24.8 Å². The van der Waals surface area contributed by atoms with Crippen LogP contribution < -0.4 is 5.32 Å². The van der Waals surface area contributed by atoms with E-state index in [1.165, 1.54) is 0 Å². The number of nitrogens with one attached hydrogen (secondary N) is 2. The summed E-state index contributed by atoms with van der Waals surface area (Å²) >= 11 is 0. The van der Waals surface area contributed by atoms with Crippen LogP contribution in [-0.4, -0.2) is 54.1 Å². The number of carbonyl (C=O) groups is 1. The van der Waals surface area contributed by atoms with Crippen molar-refractivity contribution in [3.8, 4) is 0 Å². The molecule has 9 nitrogen and oxygen atoms in total. The maximum atomic E-state index is 12.6. The number of carbonyl (C=O) groups excluding carboxylic acids is 1. The SMILES string of the molecule is Cn1ccnc1[C@@H](O)C1CCN(C(=O)Nc2cccc3n[nH]nc23)CC1. The number of aromatic amines is 1. The zero-order chi connectivity index (χ0) is 18.1. The molecule has 3 N–H and O–H groups in total. The number of benzene rings is 1. The van der Waals surface area contributed by atoms with Gasteiger partial charge in [-0.2, -0.15) is 15.4 Å². The van der Waals surface area contributed by atoms with Crippen LogP contribution in [0.3, 0.4) is 0 Å². The summed E-state index contributed by atoms with van der Waals surface area (Å²) in [6.45, 7) is 1.18. The Morgan fingerprint density at radius 1 is 1.35 bits per heavy atom. The first-order chi connectivity index (χ1) is 12.6. The summed E-state index contributed by atoms with van der Waals surface area (Å²) < 4.78 is 1.84. The zero-order valence-electron chi connectivity index (χ0n) is 14.5. The lowest BCUT2D eigenvalue weighted by atomic mass is 9.91. The molecule has 2 amide bonds. The van der Waals surface area contributed by atoms with E-state index in [2.05, 4.69) is 25.7 Å². The average Bonchev–Trinajstić information content (AvgIpc) is 3.30. The van der Waals surface area contributed by atoms with E-state index in [1.807, 2.05) is 29.9 Å². The summed E-state index contributed by atoms with van der Waals surface area (Å²) in [4.78, 5) is 18.6. The number of fused-ring (bicyclic) bond motifs is 1. The van der Waals surface area contributed by atoms with Gasteiger partial charge in [-0.3, -0.25) is 0 Å². The Morgan fingerprint density at radius 3 is 2.88 bits per heavy atom. The lowest BCUT2D eigenvalue weighted by Crippen LogP contribution is -2.42. The summed E-state index contributed by atoms with van der Waals surface area (Å²) in [7, 11) is 1.87. The fourth-order valence-corrected chi connectivity index (χ4v) is 3.45. The number of imidazole rings is 1. The Morgan fingerprint density at radius 2 is 2.15 bits per heavy atom. The van der Waals surface area contributed by atoms with E-state index >= 15 is 0 Å². The van der Waals surface area contributed by atoms with Crippen molar-refractivity contribution in [2.75, 3.05) is 18.4 Å². The van der Waals surface area contributed by atoms with Gasteiger partial charge in [0.25, 0.3) is 0 Å². The van der Waals surface area contributed by atoms with Crippen LogP contribution in [0.25, 0.3) is 11.0 Å². The molecule has 1 atom stereocenters. The number of anilines is 1. The van der Waals surface area contributed by atoms with Gasteiger partial charge in [0.15, 0.2) is 0 Å². The van der Waals surface area contributed by atoms with Crippen molar-refractivity contribution in [3.05, 3.63) is 36.4 Å². The molecule has 3 aromatic rings. The van der Waals surface area contributed by atoms with Gasteiger partial charge in [-0.15, -0.1) is 0 Å². The van der Waals surface area contributed by atoms with Crippen LogP contribution in [0.5, 0.6) is 0 Å². The van der Waals surface area contributed by atoms with Crippen molar-refractivity contribution >= 4 is 22.8 Å². The lowest BCUT2D eigenvalue weighted by molar-refractivity contribution is 0.0600. The highest BCUT2D eigenvalue weighted by Gasteiger charge is 2.30. The quantitative estimate of drug-likeness (QED) is 0.662. The number of hydrogen-bond acceptors (Lipinski definition) is 5. The second-order valence-electron chi connectivity index (χ2n) is 6.59. The number of rotatable bonds is 3. The van der Waals surface area contributed by atoms with Gasteiger partial charge in [0.2, 0.25) is 0 Å². The third kappa shape index (κ3) is 3.01. The van der Waals surface area contributed by atoms with Crippen molar-refractivity contribution in [2.24, 2.45) is 13.0 Å². The molecule has 26 heavy (non-hydrogen) atoms. The predicted molar refractivity (Wildman–Crippen MR) is 95.4 cm³/mol. The maximum absolute atomic E-state index is 12.6. The Balaban J connectivity index is 1.38. The molecular formula is C17H21N7O2. The Kier molecular flexibility index (Phi) is 4.29. The first-order valence-corrected chi connectivity index (χ1v) is 8.64. The van der Waals surface area contributed by atoms with Crippen molar-refractivity contribution in [3.63, 3.8) is 0 Å². The van der Waals surface area contributed by atoms with Gasteiger partial charge in [-0.05, 0) is 30.9 Å². The number of urea groups is 1. The molecule has 136 valence electrons. The minimum atomic E-state index is -0.607. The number of hydrogen-bond donors (Lipinski definition) is 3. The molecule has 4 rings (SSSR count). The van der Waals surface area contributed by atoms with Gasteiger partial charge in [-0.25, -0.2) is 9.78 Å². The average molecular weight is 355 g/mol. The van der Waals surface area contributed by atoms with Crippen molar-refractivity contribution in [1.29, 1.82) is 0 Å². The number of amides is 2. The van der Waals surface area contributed by atoms with Crippen LogP contribution >= 0.6 is 0 Å². The molecule has 3 heterocycles. The van der Waals surface area contributed by atoms with Gasteiger partial charge in [0, 0.05) is 32.5 Å². The standard InChI is InChI=1S/C17H21N7O2/c1-23-10-7-18-16(23)15(25)11-5-8-24(9-6-11)17(26)19-12-3-2-4-13-14(12)21-22-20-13/h2-4,7,10-11,15,25H,5-6,8-9H2,1H3,(H,19,26)(H,20,21,22)/t15-/m0/s1. The molecule has 0 unspecified atom stereocenters. The largest absolute Gasteiger partial charge is 0.385 e. The number of aliphatic hydroxyl groups is 1. The Labute approximate surface area is 150 Å². The van der Waals surface area contributed by atoms with Gasteiger partial charge < -0.3 is 19.9 Å². The summed E-state index contributed by atoms with van der Waals surface area (Å²) in [5.74, 6) is 0.768. The highest BCUT2D eigenvalue weighted by atomic mass is 16.3. The normalized spacial score (nSPS) is 16.8. The number of nitrogens with zero attached hydrogens (tertiary/aromatic N) is 5. The highest BCUT2D eigenvalue weighted by Crippen LogP contribution is 2.30. The Hall–Kier alpha value is -2.94. The van der Waals surface area contributed by atoms with E-state index in [1.54, 1.807) is 17.2 Å². The third-order valence-electron chi connectivity index (χ3n) is 4.98. The fourth-order valence-electron chi connectivity index (χ4n) is 3.45. The van der Waals surface area contributed by atoms with E-state index in [4.69, 9.17) is 0 Å². The fraction of sp³-hybridized carbons (Fsp3) is 0.412. The molecule has 1 aromatic carbocycles. The summed E-state index contributed by atoms with van der Waals surface area (Å²) in [5, 5.41) is 24.1. The van der Waals surface area contributed by atoms with Crippen LogP contribution in [-0.2, 0) is 7.05 Å². The summed E-state index contributed by atoms with van der Waals surface area (Å²) in [6, 6.07) is 5.31. The van der Waals surface area contributed by atoms with E-state index in [0.717, 1.165) is 12.8 Å². The van der Waals surface area contributed by atoms with E-state index in [-0.39, 0.29) is 11.9 Å². The van der Waals surface area contributed by atoms with Crippen LogP contribution in [0.15, 0.2) is 30.6 Å². The van der Waals surface area contributed by atoms with E-state index in [9.17, 15) is 9.90 Å². The molecule has 0 radical (unpaired) electrons. The molecule has 0 saturated carbocycles. The first kappa shape index (κ1) is 16.5. The monoisotopic (exact) mass is 355 g/mol. The number of para-hydroxylation sites is 1. The van der Waals surface area contributed by atoms with E-state index in [0.29, 0.717) is 35.6 Å². The highest BCUT2D eigenvalue weighted by molar-refractivity contribution is 5.98. The van der Waals surface area contributed by atoms with Gasteiger partial charge in [-0.1, -0.05) is 6.07 Å². The molecule has 2 aromatic heterocycles.